The predicted molar refractivity (Wildman–Crippen MR) is 137 cm³/mol. The Morgan fingerprint density at radius 3 is 2.32 bits per heavy atom. The lowest BCUT2D eigenvalue weighted by atomic mass is 9.95. The average molecular weight is 502 g/mol. The molecule has 1 amide bonds. The summed E-state index contributed by atoms with van der Waals surface area (Å²) in [6.07, 6.45) is 0. The molecule has 37 heavy (non-hydrogen) atoms. The summed E-state index contributed by atoms with van der Waals surface area (Å²) in [7, 11) is 1.56. The Hall–Kier alpha value is -4.46. The summed E-state index contributed by atoms with van der Waals surface area (Å²) in [6, 6.07) is 18.1. The first kappa shape index (κ1) is 24.2. The van der Waals surface area contributed by atoms with Gasteiger partial charge in [-0.2, -0.15) is 0 Å². The van der Waals surface area contributed by atoms with Crippen LogP contribution >= 0.6 is 0 Å². The number of hydrogen-bond acceptors (Lipinski definition) is 7. The Kier molecular flexibility index (Phi) is 6.48. The van der Waals surface area contributed by atoms with Gasteiger partial charge in [-0.15, -0.1) is 0 Å². The number of amides is 1. The SMILES string of the molecule is COc1ccc(C2/C(=C(/O)c3ccc4c(c3)OCO4)C(=O)C(=O)N2c2ccc(OCC(C)C)cc2)cc1. The fraction of sp³-hybridized carbons (Fsp3) is 0.241. The van der Waals surface area contributed by atoms with Crippen LogP contribution in [0.15, 0.2) is 72.3 Å². The van der Waals surface area contributed by atoms with Crippen LogP contribution in [0.1, 0.15) is 31.0 Å². The van der Waals surface area contributed by atoms with Gasteiger partial charge >= 0.3 is 0 Å². The van der Waals surface area contributed by atoms with Crippen LogP contribution in [0, 0.1) is 5.92 Å². The zero-order valence-corrected chi connectivity index (χ0v) is 20.8. The van der Waals surface area contributed by atoms with Crippen molar-refractivity contribution in [2.75, 3.05) is 25.4 Å². The van der Waals surface area contributed by atoms with E-state index in [2.05, 4.69) is 13.8 Å². The smallest absolute Gasteiger partial charge is 0.300 e. The van der Waals surface area contributed by atoms with E-state index in [0.29, 0.717) is 52.3 Å². The van der Waals surface area contributed by atoms with Crippen LogP contribution in [0.3, 0.4) is 0 Å². The van der Waals surface area contributed by atoms with Crippen LogP contribution in [0.5, 0.6) is 23.0 Å². The number of ketones is 1. The first-order valence-electron chi connectivity index (χ1n) is 11.9. The largest absolute Gasteiger partial charge is 0.507 e. The number of Topliss-reactive ketones (excluding diaryl/α,β-unsaturated/α-hetero) is 1. The molecule has 1 atom stereocenters. The van der Waals surface area contributed by atoms with Gasteiger partial charge in [0.2, 0.25) is 6.79 Å². The lowest BCUT2D eigenvalue weighted by Crippen LogP contribution is -2.29. The second-order valence-electron chi connectivity index (χ2n) is 9.21. The van der Waals surface area contributed by atoms with Crippen molar-refractivity contribution < 1.29 is 33.6 Å². The molecule has 8 heteroatoms. The van der Waals surface area contributed by atoms with E-state index in [9.17, 15) is 14.7 Å². The number of anilines is 1. The van der Waals surface area contributed by atoms with E-state index in [1.54, 1.807) is 73.8 Å². The number of carbonyl (C=O) groups excluding carboxylic acids is 2. The molecule has 2 aliphatic rings. The van der Waals surface area contributed by atoms with E-state index in [4.69, 9.17) is 18.9 Å². The van der Waals surface area contributed by atoms with Gasteiger partial charge in [0.05, 0.1) is 25.3 Å². The molecule has 190 valence electrons. The molecular weight excluding hydrogens is 474 g/mol. The van der Waals surface area contributed by atoms with Gasteiger partial charge in [-0.1, -0.05) is 26.0 Å². The Labute approximate surface area is 214 Å². The molecule has 3 aromatic rings. The summed E-state index contributed by atoms with van der Waals surface area (Å²) in [5.74, 6) is 0.842. The molecule has 1 N–H and O–H groups in total. The molecular formula is C29H27NO7. The number of aliphatic hydroxyl groups excluding tert-OH is 1. The van der Waals surface area contributed by atoms with Gasteiger partial charge in [0, 0.05) is 11.3 Å². The molecule has 3 aromatic carbocycles. The van der Waals surface area contributed by atoms with Crippen molar-refractivity contribution in [2.24, 2.45) is 5.92 Å². The number of methoxy groups -OCH3 is 1. The maximum absolute atomic E-state index is 13.4. The van der Waals surface area contributed by atoms with Crippen molar-refractivity contribution in [1.29, 1.82) is 0 Å². The number of hydrogen-bond donors (Lipinski definition) is 1. The van der Waals surface area contributed by atoms with E-state index in [0.717, 1.165) is 0 Å². The number of nitrogens with zero attached hydrogens (tertiary/aromatic N) is 1. The normalized spacial score (nSPS) is 17.9. The summed E-state index contributed by atoms with van der Waals surface area (Å²) < 4.78 is 21.8. The van der Waals surface area contributed by atoms with Gasteiger partial charge in [-0.25, -0.2) is 0 Å². The van der Waals surface area contributed by atoms with Crippen LogP contribution in [0.25, 0.3) is 5.76 Å². The number of carbonyl (C=O) groups is 2. The molecule has 0 aliphatic carbocycles. The molecule has 1 saturated heterocycles. The fourth-order valence-corrected chi connectivity index (χ4v) is 4.37. The second kappa shape index (κ2) is 9.89. The Morgan fingerprint density at radius 2 is 1.65 bits per heavy atom. The molecule has 2 aliphatic heterocycles. The third-order valence-electron chi connectivity index (χ3n) is 6.22. The maximum atomic E-state index is 13.4. The van der Waals surface area contributed by atoms with E-state index in [1.165, 1.54) is 4.90 Å². The number of rotatable bonds is 7. The minimum absolute atomic E-state index is 0.0193. The lowest BCUT2D eigenvalue weighted by molar-refractivity contribution is -0.132. The molecule has 0 saturated carbocycles. The summed E-state index contributed by atoms with van der Waals surface area (Å²) in [5, 5.41) is 11.3. The van der Waals surface area contributed by atoms with Crippen molar-refractivity contribution in [3.05, 3.63) is 83.4 Å². The number of benzene rings is 3. The molecule has 0 aromatic heterocycles. The van der Waals surface area contributed by atoms with Crippen LogP contribution in [0.2, 0.25) is 0 Å². The first-order chi connectivity index (χ1) is 17.9. The van der Waals surface area contributed by atoms with Gasteiger partial charge in [-0.3, -0.25) is 14.5 Å². The zero-order valence-electron chi connectivity index (χ0n) is 20.8. The summed E-state index contributed by atoms with van der Waals surface area (Å²) in [4.78, 5) is 28.1. The van der Waals surface area contributed by atoms with E-state index in [-0.39, 0.29) is 18.1 Å². The van der Waals surface area contributed by atoms with Gasteiger partial charge in [0.25, 0.3) is 11.7 Å². The molecule has 1 fully saturated rings. The average Bonchev–Trinajstić information content (AvgIpc) is 3.49. The highest BCUT2D eigenvalue weighted by molar-refractivity contribution is 6.51. The molecule has 0 spiro atoms. The minimum atomic E-state index is -0.862. The molecule has 1 unspecified atom stereocenters. The third kappa shape index (κ3) is 4.58. The van der Waals surface area contributed by atoms with E-state index >= 15 is 0 Å². The quantitative estimate of drug-likeness (QED) is 0.274. The highest BCUT2D eigenvalue weighted by atomic mass is 16.7. The first-order valence-corrected chi connectivity index (χ1v) is 11.9. The predicted octanol–water partition coefficient (Wildman–Crippen LogP) is 5.09. The van der Waals surface area contributed by atoms with E-state index < -0.39 is 17.7 Å². The Morgan fingerprint density at radius 1 is 0.973 bits per heavy atom. The molecule has 0 radical (unpaired) electrons. The fourth-order valence-electron chi connectivity index (χ4n) is 4.37. The Bertz CT molecular complexity index is 1360. The standard InChI is InChI=1S/C29H27NO7/c1-17(2)15-35-22-11-7-20(8-12-22)30-26(18-4-9-21(34-3)10-5-18)25(28(32)29(30)33)27(31)19-6-13-23-24(14-19)37-16-36-23/h4-14,17,26,31H,15-16H2,1-3H3/b27-25-. The maximum Gasteiger partial charge on any atom is 0.300 e. The Balaban J connectivity index is 1.60. The van der Waals surface area contributed by atoms with Gasteiger partial charge in [-0.05, 0) is 66.1 Å². The van der Waals surface area contributed by atoms with Crippen molar-refractivity contribution in [1.82, 2.24) is 0 Å². The van der Waals surface area contributed by atoms with Crippen LogP contribution in [-0.2, 0) is 9.59 Å². The monoisotopic (exact) mass is 501 g/mol. The minimum Gasteiger partial charge on any atom is -0.507 e. The van der Waals surface area contributed by atoms with Crippen LogP contribution in [0.4, 0.5) is 5.69 Å². The van der Waals surface area contributed by atoms with Crippen molar-refractivity contribution in [3.63, 3.8) is 0 Å². The molecule has 2 heterocycles. The van der Waals surface area contributed by atoms with Crippen molar-refractivity contribution >= 4 is 23.1 Å². The van der Waals surface area contributed by atoms with Crippen molar-refractivity contribution in [2.45, 2.75) is 19.9 Å². The van der Waals surface area contributed by atoms with Gasteiger partial charge in [0.15, 0.2) is 11.5 Å². The van der Waals surface area contributed by atoms with Crippen molar-refractivity contribution in [3.8, 4) is 23.0 Å². The molecule has 5 rings (SSSR count). The highest BCUT2D eigenvalue weighted by Crippen LogP contribution is 2.44. The molecule has 0 bridgehead atoms. The lowest BCUT2D eigenvalue weighted by Gasteiger charge is -2.26. The van der Waals surface area contributed by atoms with Crippen LogP contribution in [-0.4, -0.2) is 37.3 Å². The van der Waals surface area contributed by atoms with Crippen LogP contribution < -0.4 is 23.8 Å². The summed E-state index contributed by atoms with van der Waals surface area (Å²) in [5.41, 5.74) is 1.47. The van der Waals surface area contributed by atoms with Gasteiger partial charge in [0.1, 0.15) is 17.3 Å². The number of fused-ring (bicyclic) bond motifs is 1. The summed E-state index contributed by atoms with van der Waals surface area (Å²) in [6.45, 7) is 4.75. The highest BCUT2D eigenvalue weighted by Gasteiger charge is 2.47. The van der Waals surface area contributed by atoms with Gasteiger partial charge < -0.3 is 24.1 Å². The van der Waals surface area contributed by atoms with E-state index in [1.807, 2.05) is 0 Å². The topological polar surface area (TPSA) is 94.5 Å². The molecule has 8 nitrogen and oxygen atoms in total. The number of ether oxygens (including phenoxy) is 4. The number of aliphatic hydroxyl groups is 1. The summed E-state index contributed by atoms with van der Waals surface area (Å²) >= 11 is 0. The second-order valence-corrected chi connectivity index (χ2v) is 9.21. The third-order valence-corrected chi connectivity index (χ3v) is 6.22. The zero-order chi connectivity index (χ0) is 26.1.